The van der Waals surface area contributed by atoms with E-state index in [0.717, 1.165) is 31.9 Å². The van der Waals surface area contributed by atoms with Crippen molar-refractivity contribution in [2.45, 2.75) is 18.9 Å². The fraction of sp³-hybridized carbons (Fsp3) is 0.333. The maximum Gasteiger partial charge on any atom is 0.122 e. The van der Waals surface area contributed by atoms with Gasteiger partial charge in [-0.2, -0.15) is 0 Å². The van der Waals surface area contributed by atoms with Crippen molar-refractivity contribution in [1.29, 1.82) is 0 Å². The molecule has 1 atom stereocenters. The third-order valence-electron chi connectivity index (χ3n) is 3.45. The van der Waals surface area contributed by atoms with Crippen molar-refractivity contribution in [2.75, 3.05) is 13.2 Å². The van der Waals surface area contributed by atoms with E-state index in [1.807, 2.05) is 6.07 Å². The summed E-state index contributed by atoms with van der Waals surface area (Å²) in [6.45, 7) is 2.76. The van der Waals surface area contributed by atoms with E-state index >= 15 is 0 Å². The van der Waals surface area contributed by atoms with Crippen LogP contribution in [0.2, 0.25) is 0 Å². The van der Waals surface area contributed by atoms with Crippen LogP contribution in [-0.4, -0.2) is 13.2 Å². The smallest absolute Gasteiger partial charge is 0.122 e. The lowest BCUT2D eigenvalue weighted by Gasteiger charge is -2.26. The van der Waals surface area contributed by atoms with E-state index in [9.17, 15) is 0 Å². The first-order valence-electron chi connectivity index (χ1n) is 6.49. The van der Waals surface area contributed by atoms with E-state index in [1.54, 1.807) is 11.3 Å². The van der Waals surface area contributed by atoms with Gasteiger partial charge in [0, 0.05) is 28.4 Å². The molecule has 0 amide bonds. The van der Waals surface area contributed by atoms with Gasteiger partial charge in [-0.15, -0.1) is 11.3 Å². The molecule has 0 fully saturated rings. The summed E-state index contributed by atoms with van der Waals surface area (Å²) in [4.78, 5) is 1.36. The molecule has 0 saturated carbocycles. The standard InChI is InChI=1S/C15H16BrNOS/c16-13-6-8-19-15(13)10-17-9-11-5-7-18-14-4-2-1-3-12(11)14/h1-4,6,8,11,17H,5,7,9-10H2. The fourth-order valence-electron chi connectivity index (χ4n) is 2.44. The normalized spacial score (nSPS) is 17.8. The van der Waals surface area contributed by atoms with Crippen molar-refractivity contribution in [3.05, 3.63) is 50.6 Å². The van der Waals surface area contributed by atoms with Crippen molar-refractivity contribution in [3.8, 4) is 5.75 Å². The number of hydrogen-bond donors (Lipinski definition) is 1. The van der Waals surface area contributed by atoms with E-state index < -0.39 is 0 Å². The Labute approximate surface area is 125 Å². The Kier molecular flexibility index (Phi) is 4.21. The van der Waals surface area contributed by atoms with E-state index in [0.29, 0.717) is 5.92 Å². The van der Waals surface area contributed by atoms with E-state index in [4.69, 9.17) is 4.74 Å². The van der Waals surface area contributed by atoms with Gasteiger partial charge < -0.3 is 10.1 Å². The van der Waals surface area contributed by atoms with Gasteiger partial charge in [0.1, 0.15) is 5.75 Å². The minimum atomic E-state index is 0.559. The summed E-state index contributed by atoms with van der Waals surface area (Å²) in [5, 5.41) is 5.68. The molecule has 1 aliphatic heterocycles. The number of hydrogen-bond acceptors (Lipinski definition) is 3. The largest absolute Gasteiger partial charge is 0.493 e. The fourth-order valence-corrected chi connectivity index (χ4v) is 3.90. The number of fused-ring (bicyclic) bond motifs is 1. The molecular weight excluding hydrogens is 322 g/mol. The first-order chi connectivity index (χ1) is 9.34. The van der Waals surface area contributed by atoms with Crippen molar-refractivity contribution >= 4 is 27.3 Å². The Hall–Kier alpha value is -0.840. The summed E-state index contributed by atoms with van der Waals surface area (Å²) in [5.41, 5.74) is 1.34. The molecule has 0 radical (unpaired) electrons. The maximum atomic E-state index is 5.69. The second kappa shape index (κ2) is 6.07. The maximum absolute atomic E-state index is 5.69. The van der Waals surface area contributed by atoms with Crippen molar-refractivity contribution in [3.63, 3.8) is 0 Å². The number of para-hydroxylation sites is 1. The molecule has 0 spiro atoms. The highest BCUT2D eigenvalue weighted by atomic mass is 79.9. The molecule has 2 heterocycles. The number of halogens is 1. The first-order valence-corrected chi connectivity index (χ1v) is 8.16. The molecule has 0 aliphatic carbocycles. The van der Waals surface area contributed by atoms with Gasteiger partial charge in [-0.25, -0.2) is 0 Å². The van der Waals surface area contributed by atoms with E-state index in [2.05, 4.69) is 50.9 Å². The Morgan fingerprint density at radius 3 is 3.05 bits per heavy atom. The van der Waals surface area contributed by atoms with Crippen LogP contribution in [0.1, 0.15) is 22.8 Å². The third-order valence-corrected chi connectivity index (χ3v) is 5.38. The zero-order valence-electron chi connectivity index (χ0n) is 10.6. The Balaban J connectivity index is 1.61. The molecule has 0 bridgehead atoms. The van der Waals surface area contributed by atoms with Crippen LogP contribution in [0.15, 0.2) is 40.2 Å². The van der Waals surface area contributed by atoms with Gasteiger partial charge in [0.2, 0.25) is 0 Å². The molecule has 2 aromatic rings. The minimum Gasteiger partial charge on any atom is -0.493 e. The first kappa shape index (κ1) is 13.2. The van der Waals surface area contributed by atoms with Crippen LogP contribution in [0.5, 0.6) is 5.75 Å². The molecule has 3 rings (SSSR count). The minimum absolute atomic E-state index is 0.559. The highest BCUT2D eigenvalue weighted by Gasteiger charge is 2.20. The Morgan fingerprint density at radius 1 is 1.32 bits per heavy atom. The lowest BCUT2D eigenvalue weighted by molar-refractivity contribution is 0.264. The SMILES string of the molecule is Brc1ccsc1CNCC1CCOc2ccccc21. The quantitative estimate of drug-likeness (QED) is 0.904. The Morgan fingerprint density at radius 2 is 2.21 bits per heavy atom. The average Bonchev–Trinajstić information content (AvgIpc) is 2.85. The highest BCUT2D eigenvalue weighted by Crippen LogP contribution is 2.33. The van der Waals surface area contributed by atoms with Crippen LogP contribution in [0.3, 0.4) is 0 Å². The average molecular weight is 338 g/mol. The summed E-state index contributed by atoms with van der Waals surface area (Å²) in [6, 6.07) is 10.5. The lowest BCUT2D eigenvalue weighted by atomic mass is 9.93. The summed E-state index contributed by atoms with van der Waals surface area (Å²) < 4.78 is 6.90. The van der Waals surface area contributed by atoms with Crippen LogP contribution in [0.25, 0.3) is 0 Å². The predicted molar refractivity (Wildman–Crippen MR) is 83.0 cm³/mol. The van der Waals surface area contributed by atoms with Gasteiger partial charge in [-0.3, -0.25) is 0 Å². The van der Waals surface area contributed by atoms with Crippen molar-refractivity contribution in [2.24, 2.45) is 0 Å². The number of rotatable bonds is 4. The van der Waals surface area contributed by atoms with Crippen LogP contribution in [-0.2, 0) is 6.54 Å². The Bertz CT molecular complexity index is 555. The van der Waals surface area contributed by atoms with Gasteiger partial charge >= 0.3 is 0 Å². The molecule has 1 aliphatic rings. The number of thiophene rings is 1. The highest BCUT2D eigenvalue weighted by molar-refractivity contribution is 9.10. The van der Waals surface area contributed by atoms with Crippen molar-refractivity contribution < 1.29 is 4.74 Å². The topological polar surface area (TPSA) is 21.3 Å². The molecule has 0 saturated heterocycles. The number of benzene rings is 1. The van der Waals surface area contributed by atoms with Crippen LogP contribution < -0.4 is 10.1 Å². The summed E-state index contributed by atoms with van der Waals surface area (Å²) >= 11 is 5.36. The molecule has 100 valence electrons. The third kappa shape index (κ3) is 3.02. The van der Waals surface area contributed by atoms with Gasteiger partial charge in [-0.1, -0.05) is 18.2 Å². The van der Waals surface area contributed by atoms with Gasteiger partial charge in [0.15, 0.2) is 0 Å². The molecule has 1 aromatic heterocycles. The molecule has 4 heteroatoms. The monoisotopic (exact) mass is 337 g/mol. The molecule has 2 nitrogen and oxygen atoms in total. The van der Waals surface area contributed by atoms with Crippen LogP contribution in [0.4, 0.5) is 0 Å². The van der Waals surface area contributed by atoms with Gasteiger partial charge in [-0.05, 0) is 45.4 Å². The molecular formula is C15H16BrNOS. The van der Waals surface area contributed by atoms with Gasteiger partial charge in [0.25, 0.3) is 0 Å². The summed E-state index contributed by atoms with van der Waals surface area (Å²) in [5.74, 6) is 1.61. The lowest BCUT2D eigenvalue weighted by Crippen LogP contribution is -2.25. The van der Waals surface area contributed by atoms with Crippen LogP contribution in [0, 0.1) is 0 Å². The van der Waals surface area contributed by atoms with Crippen molar-refractivity contribution in [1.82, 2.24) is 5.32 Å². The number of nitrogens with one attached hydrogen (secondary N) is 1. The zero-order valence-corrected chi connectivity index (χ0v) is 13.0. The van der Waals surface area contributed by atoms with Gasteiger partial charge in [0.05, 0.1) is 6.61 Å². The predicted octanol–water partition coefficient (Wildman–Crippen LogP) is 4.17. The summed E-state index contributed by atoms with van der Waals surface area (Å²) in [6.07, 6.45) is 1.09. The van der Waals surface area contributed by atoms with E-state index in [-0.39, 0.29) is 0 Å². The summed E-state index contributed by atoms with van der Waals surface area (Å²) in [7, 11) is 0. The molecule has 1 N–H and O–H groups in total. The zero-order chi connectivity index (χ0) is 13.1. The molecule has 1 aromatic carbocycles. The second-order valence-electron chi connectivity index (χ2n) is 4.69. The molecule has 19 heavy (non-hydrogen) atoms. The number of ether oxygens (including phenoxy) is 1. The van der Waals surface area contributed by atoms with E-state index in [1.165, 1.54) is 14.9 Å². The van der Waals surface area contributed by atoms with Crippen LogP contribution >= 0.6 is 27.3 Å². The molecule has 1 unspecified atom stereocenters. The second-order valence-corrected chi connectivity index (χ2v) is 6.55.